The minimum absolute atomic E-state index is 0.221. The van der Waals surface area contributed by atoms with Gasteiger partial charge in [0.1, 0.15) is 0 Å². The Bertz CT molecular complexity index is 419. The van der Waals surface area contributed by atoms with Crippen LogP contribution in [-0.4, -0.2) is 43.5 Å². The summed E-state index contributed by atoms with van der Waals surface area (Å²) in [6.07, 6.45) is 2.61. The molecule has 0 spiro atoms. The van der Waals surface area contributed by atoms with Crippen molar-refractivity contribution >= 4 is 21.7 Å². The zero-order valence-electron chi connectivity index (χ0n) is 13.3. The second-order valence-electron chi connectivity index (χ2n) is 5.32. The van der Waals surface area contributed by atoms with Crippen LogP contribution < -0.4 is 0 Å². The summed E-state index contributed by atoms with van der Waals surface area (Å²) in [5.41, 5.74) is 0.796. The van der Waals surface area contributed by atoms with E-state index < -0.39 is 0 Å². The topological polar surface area (TPSA) is 29.5 Å². The van der Waals surface area contributed by atoms with Crippen LogP contribution in [0, 0.1) is 0 Å². The molecule has 0 aliphatic carbocycles. The fraction of sp³-hybridized carbons (Fsp3) is 0.588. The smallest absolute Gasteiger partial charge is 0.162 e. The molecule has 1 aromatic rings. The quantitative estimate of drug-likeness (QED) is 0.590. The minimum atomic E-state index is 0.221. The number of benzene rings is 1. The lowest BCUT2D eigenvalue weighted by Gasteiger charge is -2.28. The maximum absolute atomic E-state index is 12.1. The first-order chi connectivity index (χ1) is 10.1. The van der Waals surface area contributed by atoms with E-state index in [9.17, 15) is 4.79 Å². The fourth-order valence-electron chi connectivity index (χ4n) is 2.24. The zero-order valence-corrected chi connectivity index (χ0v) is 14.9. The van der Waals surface area contributed by atoms with Crippen molar-refractivity contribution in [2.24, 2.45) is 0 Å². The molecule has 1 aromatic carbocycles. The van der Waals surface area contributed by atoms with Gasteiger partial charge in [-0.25, -0.2) is 0 Å². The monoisotopic (exact) mass is 355 g/mol. The van der Waals surface area contributed by atoms with E-state index in [1.165, 1.54) is 0 Å². The van der Waals surface area contributed by atoms with Crippen LogP contribution in [0.25, 0.3) is 0 Å². The summed E-state index contributed by atoms with van der Waals surface area (Å²) in [6, 6.07) is 8.12. The second-order valence-corrected chi connectivity index (χ2v) is 6.24. The van der Waals surface area contributed by atoms with E-state index in [1.807, 2.05) is 24.3 Å². The zero-order chi connectivity index (χ0) is 15.7. The third-order valence-corrected chi connectivity index (χ3v) is 4.34. The van der Waals surface area contributed by atoms with Gasteiger partial charge in [0.15, 0.2) is 5.78 Å². The number of hydrogen-bond donors (Lipinski definition) is 0. The summed E-state index contributed by atoms with van der Waals surface area (Å²) < 4.78 is 6.16. The van der Waals surface area contributed by atoms with Gasteiger partial charge >= 0.3 is 0 Å². The fourth-order valence-corrected chi connectivity index (χ4v) is 2.51. The molecular formula is C17H26BrNO2. The molecule has 21 heavy (non-hydrogen) atoms. The number of nitrogens with zero attached hydrogens (tertiary/aromatic N) is 1. The molecule has 0 amide bonds. The molecule has 1 atom stereocenters. The Morgan fingerprint density at radius 1 is 1.29 bits per heavy atom. The van der Waals surface area contributed by atoms with Crippen molar-refractivity contribution in [1.29, 1.82) is 0 Å². The molecular weight excluding hydrogens is 330 g/mol. The van der Waals surface area contributed by atoms with E-state index in [4.69, 9.17) is 4.74 Å². The molecule has 0 N–H and O–H groups in total. The average Bonchev–Trinajstić information content (AvgIpc) is 2.50. The van der Waals surface area contributed by atoms with Crippen LogP contribution in [0.4, 0.5) is 0 Å². The first kappa shape index (κ1) is 18.3. The summed E-state index contributed by atoms with van der Waals surface area (Å²) in [5.74, 6) is 0.221. The van der Waals surface area contributed by atoms with Crippen molar-refractivity contribution in [2.75, 3.05) is 26.8 Å². The number of rotatable bonds is 10. The second kappa shape index (κ2) is 10.1. The van der Waals surface area contributed by atoms with Gasteiger partial charge in [-0.3, -0.25) is 9.69 Å². The van der Waals surface area contributed by atoms with Crippen LogP contribution in [0.1, 0.15) is 43.5 Å². The first-order valence-electron chi connectivity index (χ1n) is 7.60. The molecule has 3 nitrogen and oxygen atoms in total. The number of ketones is 1. The van der Waals surface area contributed by atoms with Gasteiger partial charge in [0.25, 0.3) is 0 Å². The number of hydrogen-bond acceptors (Lipinski definition) is 3. The highest BCUT2D eigenvalue weighted by molar-refractivity contribution is 9.10. The molecule has 118 valence electrons. The maximum atomic E-state index is 12.1. The Morgan fingerprint density at radius 2 is 1.95 bits per heavy atom. The van der Waals surface area contributed by atoms with E-state index in [0.717, 1.165) is 42.6 Å². The number of halogens is 1. The highest BCUT2D eigenvalue weighted by atomic mass is 79.9. The number of carbonyl (C=O) groups is 1. The van der Waals surface area contributed by atoms with Crippen LogP contribution >= 0.6 is 15.9 Å². The van der Waals surface area contributed by atoms with Crippen LogP contribution in [0.2, 0.25) is 0 Å². The highest BCUT2D eigenvalue weighted by Crippen LogP contribution is 2.13. The molecule has 0 saturated heterocycles. The summed E-state index contributed by atoms with van der Waals surface area (Å²) in [5, 5.41) is 0. The van der Waals surface area contributed by atoms with Gasteiger partial charge in [-0.2, -0.15) is 0 Å². The Balaban J connectivity index is 2.41. The summed E-state index contributed by atoms with van der Waals surface area (Å²) in [4.78, 5) is 14.5. The summed E-state index contributed by atoms with van der Waals surface area (Å²) in [7, 11) is 1.73. The molecule has 0 bridgehead atoms. The van der Waals surface area contributed by atoms with Crippen molar-refractivity contribution in [2.45, 2.75) is 39.2 Å². The molecule has 0 aromatic heterocycles. The largest absolute Gasteiger partial charge is 0.383 e. The van der Waals surface area contributed by atoms with Crippen molar-refractivity contribution < 1.29 is 9.53 Å². The first-order valence-corrected chi connectivity index (χ1v) is 8.39. The SMILES string of the molecule is CCC(C)N(CCCC(=O)c1ccc(Br)cc1)CCOC. The average molecular weight is 356 g/mol. The lowest BCUT2D eigenvalue weighted by molar-refractivity contribution is 0.0957. The van der Waals surface area contributed by atoms with E-state index in [1.54, 1.807) is 7.11 Å². The number of ether oxygens (including phenoxy) is 1. The molecule has 0 aliphatic heterocycles. The van der Waals surface area contributed by atoms with Crippen LogP contribution in [0.15, 0.2) is 28.7 Å². The van der Waals surface area contributed by atoms with Gasteiger partial charge in [-0.05, 0) is 38.4 Å². The number of methoxy groups -OCH3 is 1. The number of carbonyl (C=O) groups excluding carboxylic acids is 1. The summed E-state index contributed by atoms with van der Waals surface area (Å²) in [6.45, 7) is 7.03. The molecule has 1 rings (SSSR count). The molecule has 0 saturated carbocycles. The maximum Gasteiger partial charge on any atom is 0.162 e. The van der Waals surface area contributed by atoms with Crippen LogP contribution in [-0.2, 0) is 4.74 Å². The van der Waals surface area contributed by atoms with Gasteiger partial charge in [-0.15, -0.1) is 0 Å². The van der Waals surface area contributed by atoms with Gasteiger partial charge in [0.2, 0.25) is 0 Å². The normalized spacial score (nSPS) is 12.6. The molecule has 1 unspecified atom stereocenters. The van der Waals surface area contributed by atoms with Crippen molar-refractivity contribution in [3.63, 3.8) is 0 Å². The minimum Gasteiger partial charge on any atom is -0.383 e. The van der Waals surface area contributed by atoms with E-state index in [-0.39, 0.29) is 5.78 Å². The third-order valence-electron chi connectivity index (χ3n) is 3.81. The Kier molecular flexibility index (Phi) is 8.81. The molecule has 0 radical (unpaired) electrons. The Hall–Kier alpha value is -0.710. The highest BCUT2D eigenvalue weighted by Gasteiger charge is 2.13. The number of Topliss-reactive ketones (excluding diaryl/α,β-unsaturated/α-hetero) is 1. The van der Waals surface area contributed by atoms with Gasteiger partial charge in [0, 0.05) is 36.2 Å². The van der Waals surface area contributed by atoms with E-state index in [2.05, 4.69) is 34.7 Å². The molecule has 4 heteroatoms. The van der Waals surface area contributed by atoms with Gasteiger partial charge < -0.3 is 4.74 Å². The van der Waals surface area contributed by atoms with Crippen molar-refractivity contribution in [3.05, 3.63) is 34.3 Å². The third kappa shape index (κ3) is 6.72. The predicted octanol–water partition coefficient (Wildman–Crippen LogP) is 4.16. The van der Waals surface area contributed by atoms with Gasteiger partial charge in [0.05, 0.1) is 6.61 Å². The standard InChI is InChI=1S/C17H26BrNO2/c1-4-14(2)19(12-13-21-3)11-5-6-17(20)15-7-9-16(18)10-8-15/h7-10,14H,4-6,11-13H2,1-3H3. The summed E-state index contributed by atoms with van der Waals surface area (Å²) >= 11 is 3.38. The molecule has 0 fully saturated rings. The van der Waals surface area contributed by atoms with E-state index >= 15 is 0 Å². The Morgan fingerprint density at radius 3 is 2.52 bits per heavy atom. The predicted molar refractivity (Wildman–Crippen MR) is 90.9 cm³/mol. The van der Waals surface area contributed by atoms with E-state index in [0.29, 0.717) is 12.5 Å². The lowest BCUT2D eigenvalue weighted by atomic mass is 10.1. The lowest BCUT2D eigenvalue weighted by Crippen LogP contribution is -2.36. The van der Waals surface area contributed by atoms with Crippen molar-refractivity contribution in [1.82, 2.24) is 4.90 Å². The Labute approximate surface area is 136 Å². The molecule has 0 aliphatic rings. The molecule has 0 heterocycles. The van der Waals surface area contributed by atoms with Crippen molar-refractivity contribution in [3.8, 4) is 0 Å². The van der Waals surface area contributed by atoms with Gasteiger partial charge in [-0.1, -0.05) is 35.0 Å². The van der Waals surface area contributed by atoms with Crippen LogP contribution in [0.3, 0.4) is 0 Å². The van der Waals surface area contributed by atoms with Crippen LogP contribution in [0.5, 0.6) is 0 Å².